The predicted octanol–water partition coefficient (Wildman–Crippen LogP) is 4.80. The number of nitrogens with zero attached hydrogens (tertiary/aromatic N) is 4. The van der Waals surface area contributed by atoms with Gasteiger partial charge in [-0.05, 0) is 37.8 Å². The van der Waals surface area contributed by atoms with Crippen LogP contribution in [0.2, 0.25) is 5.02 Å². The number of hydrogen-bond donors (Lipinski definition) is 1. The van der Waals surface area contributed by atoms with Crippen molar-refractivity contribution in [3.8, 4) is 11.3 Å². The summed E-state index contributed by atoms with van der Waals surface area (Å²) in [6.45, 7) is 3.49. The molecule has 1 atom stereocenters. The predicted molar refractivity (Wildman–Crippen MR) is 136 cm³/mol. The quantitative estimate of drug-likeness (QED) is 0.381. The number of aryl methyl sites for hydroxylation is 1. The summed E-state index contributed by atoms with van der Waals surface area (Å²) in [4.78, 5) is 43.9. The fraction of sp³-hybridized carbons (Fsp3) is 0.462. The summed E-state index contributed by atoms with van der Waals surface area (Å²) in [5.74, 6) is 0.395. The lowest BCUT2D eigenvalue weighted by atomic mass is 10.0. The number of fused-ring (bicyclic) bond motifs is 1. The van der Waals surface area contributed by atoms with Gasteiger partial charge in [0.25, 0.3) is 5.56 Å². The van der Waals surface area contributed by atoms with Gasteiger partial charge in [-0.25, -0.2) is 4.98 Å². The van der Waals surface area contributed by atoms with Crippen molar-refractivity contribution in [3.05, 3.63) is 51.9 Å². The Balaban J connectivity index is 1.73. The molecule has 0 aliphatic carbocycles. The van der Waals surface area contributed by atoms with Crippen LogP contribution in [0.3, 0.4) is 0 Å². The fourth-order valence-electron chi connectivity index (χ4n) is 4.77. The molecule has 2 aromatic heterocycles. The third-order valence-electron chi connectivity index (χ3n) is 6.55. The fourth-order valence-corrected chi connectivity index (χ4v) is 4.90. The Kier molecular flexibility index (Phi) is 7.90. The van der Waals surface area contributed by atoms with E-state index in [1.165, 1.54) is 0 Å². The highest BCUT2D eigenvalue weighted by molar-refractivity contribution is 6.30. The van der Waals surface area contributed by atoms with Gasteiger partial charge in [-0.15, -0.1) is 0 Å². The van der Waals surface area contributed by atoms with E-state index in [9.17, 15) is 14.4 Å². The van der Waals surface area contributed by atoms with Crippen LogP contribution >= 0.6 is 11.6 Å². The van der Waals surface area contributed by atoms with E-state index >= 15 is 0 Å². The molecule has 3 heterocycles. The van der Waals surface area contributed by atoms with E-state index in [2.05, 4.69) is 11.5 Å². The first-order valence-electron chi connectivity index (χ1n) is 12.3. The van der Waals surface area contributed by atoms with Gasteiger partial charge in [0.15, 0.2) is 5.78 Å². The maximum Gasteiger partial charge on any atom is 0.303 e. The van der Waals surface area contributed by atoms with Crippen LogP contribution in [-0.4, -0.2) is 43.4 Å². The molecule has 9 heteroatoms. The first kappa shape index (κ1) is 25.0. The second-order valence-electron chi connectivity index (χ2n) is 9.07. The topological polar surface area (TPSA) is 96.9 Å². The Hall–Kier alpha value is -3.13. The summed E-state index contributed by atoms with van der Waals surface area (Å²) in [6, 6.07) is 8.60. The maximum absolute atomic E-state index is 13.2. The number of ketones is 1. The van der Waals surface area contributed by atoms with Crippen LogP contribution in [-0.2, 0) is 16.1 Å². The smallest absolute Gasteiger partial charge is 0.303 e. The van der Waals surface area contributed by atoms with Crippen LogP contribution in [0.25, 0.3) is 17.0 Å². The molecule has 1 aliphatic rings. The second-order valence-corrected chi connectivity index (χ2v) is 9.50. The van der Waals surface area contributed by atoms with Crippen LogP contribution in [0.4, 0.5) is 5.82 Å². The van der Waals surface area contributed by atoms with Crippen molar-refractivity contribution in [3.63, 3.8) is 0 Å². The number of Topliss-reactive ketones (excluding diaryl/α,β-unsaturated/α-hetero) is 1. The third-order valence-corrected chi connectivity index (χ3v) is 6.81. The van der Waals surface area contributed by atoms with Crippen LogP contribution < -0.4 is 10.5 Å². The highest BCUT2D eigenvalue weighted by Crippen LogP contribution is 2.29. The Bertz CT molecular complexity index is 1260. The van der Waals surface area contributed by atoms with E-state index in [1.54, 1.807) is 28.8 Å². The Morgan fingerprint density at radius 1 is 1.14 bits per heavy atom. The van der Waals surface area contributed by atoms with Crippen molar-refractivity contribution in [2.45, 2.75) is 70.9 Å². The van der Waals surface area contributed by atoms with Crippen LogP contribution in [0.1, 0.15) is 58.3 Å². The number of hydrogen-bond acceptors (Lipinski definition) is 5. The lowest BCUT2D eigenvalue weighted by Crippen LogP contribution is -2.39. The zero-order valence-electron chi connectivity index (χ0n) is 20.0. The van der Waals surface area contributed by atoms with Gasteiger partial charge in [-0.1, -0.05) is 43.5 Å². The molecule has 0 spiro atoms. The molecular weight excluding hydrogens is 468 g/mol. The van der Waals surface area contributed by atoms with Gasteiger partial charge < -0.3 is 10.0 Å². The molecule has 186 valence electrons. The summed E-state index contributed by atoms with van der Waals surface area (Å²) < 4.78 is 3.62. The van der Waals surface area contributed by atoms with E-state index in [0.717, 1.165) is 31.2 Å². The average molecular weight is 499 g/mol. The molecule has 0 radical (unpaired) electrons. The van der Waals surface area contributed by atoms with Gasteiger partial charge in [0, 0.05) is 48.8 Å². The monoisotopic (exact) mass is 498 g/mol. The highest BCUT2D eigenvalue weighted by Gasteiger charge is 2.32. The number of imidazole rings is 1. The van der Waals surface area contributed by atoms with Crippen molar-refractivity contribution in [2.24, 2.45) is 0 Å². The first-order chi connectivity index (χ1) is 16.9. The van der Waals surface area contributed by atoms with Crippen molar-refractivity contribution < 1.29 is 14.7 Å². The molecule has 4 rings (SSSR count). The summed E-state index contributed by atoms with van der Waals surface area (Å²) in [7, 11) is 0. The third kappa shape index (κ3) is 5.59. The average Bonchev–Trinajstić information content (AvgIpc) is 3.49. The van der Waals surface area contributed by atoms with Gasteiger partial charge in [0.2, 0.25) is 5.78 Å². The largest absolute Gasteiger partial charge is 0.481 e. The number of anilines is 1. The number of unbranched alkanes of at least 4 members (excludes halogenated alkanes) is 2. The van der Waals surface area contributed by atoms with Crippen molar-refractivity contribution in [2.75, 3.05) is 11.4 Å². The molecule has 1 fully saturated rings. The Morgan fingerprint density at radius 3 is 2.63 bits per heavy atom. The molecule has 0 amide bonds. The molecule has 1 aromatic carbocycles. The van der Waals surface area contributed by atoms with Gasteiger partial charge >= 0.3 is 5.97 Å². The number of carboxylic acids is 1. The minimum absolute atomic E-state index is 0.0201. The number of carbonyl (C=O) groups excluding carboxylic acids is 1. The highest BCUT2D eigenvalue weighted by atomic mass is 35.5. The zero-order chi connectivity index (χ0) is 24.9. The molecule has 0 bridgehead atoms. The number of rotatable bonds is 11. The molecule has 8 nitrogen and oxygen atoms in total. The van der Waals surface area contributed by atoms with Crippen molar-refractivity contribution >= 4 is 34.9 Å². The number of aromatic nitrogens is 3. The number of aliphatic carboxylic acids is 1. The standard InChI is InChI=1S/C26H31ClN4O4/c1-2-3-4-14-30-23(29-15-6-7-21(29)22(32)8-5-9-25(34)35)16-24(33)31-17-20(28-26(30)31)18-10-12-19(27)13-11-18/h10-13,16-17,21H,2-9,14-15H2,1H3,(H,34,35)/t21-/m0/s1. The molecular formula is C26H31ClN4O4. The van der Waals surface area contributed by atoms with Gasteiger partial charge in [0.1, 0.15) is 5.82 Å². The molecule has 3 aromatic rings. The minimum Gasteiger partial charge on any atom is -0.481 e. The molecule has 0 saturated carbocycles. The van der Waals surface area contributed by atoms with Crippen LogP contribution in [0.5, 0.6) is 0 Å². The van der Waals surface area contributed by atoms with Crippen molar-refractivity contribution in [1.29, 1.82) is 0 Å². The SMILES string of the molecule is CCCCCn1c(N2CCC[C@H]2C(=O)CCCC(=O)O)cc(=O)n2cc(-c3ccc(Cl)cc3)nc12. The van der Waals surface area contributed by atoms with Crippen LogP contribution in [0, 0.1) is 0 Å². The minimum atomic E-state index is -0.896. The van der Waals surface area contributed by atoms with Crippen molar-refractivity contribution in [1.82, 2.24) is 14.0 Å². The molecule has 1 aliphatic heterocycles. The summed E-state index contributed by atoms with van der Waals surface area (Å²) in [5.41, 5.74) is 1.35. The van der Waals surface area contributed by atoms with E-state index in [4.69, 9.17) is 21.7 Å². The second kappa shape index (κ2) is 11.1. The lowest BCUT2D eigenvalue weighted by Gasteiger charge is -2.29. The maximum atomic E-state index is 13.2. The first-order valence-corrected chi connectivity index (χ1v) is 12.7. The van der Waals surface area contributed by atoms with E-state index in [1.807, 2.05) is 17.0 Å². The normalized spacial score (nSPS) is 15.7. The van der Waals surface area contributed by atoms with Gasteiger partial charge in [-0.2, -0.15) is 0 Å². The summed E-state index contributed by atoms with van der Waals surface area (Å²) in [5, 5.41) is 9.55. The van der Waals surface area contributed by atoms with E-state index < -0.39 is 5.97 Å². The molecule has 0 unspecified atom stereocenters. The number of carbonyl (C=O) groups is 2. The van der Waals surface area contributed by atoms with Crippen LogP contribution in [0.15, 0.2) is 41.3 Å². The van der Waals surface area contributed by atoms with Gasteiger partial charge in [0.05, 0.1) is 11.7 Å². The lowest BCUT2D eigenvalue weighted by molar-refractivity contribution is -0.137. The summed E-state index contributed by atoms with van der Waals surface area (Å²) >= 11 is 6.04. The number of halogens is 1. The molecule has 1 saturated heterocycles. The Morgan fingerprint density at radius 2 is 1.91 bits per heavy atom. The zero-order valence-corrected chi connectivity index (χ0v) is 20.7. The van der Waals surface area contributed by atoms with E-state index in [0.29, 0.717) is 48.2 Å². The van der Waals surface area contributed by atoms with E-state index in [-0.39, 0.29) is 30.2 Å². The number of benzene rings is 1. The Labute approximate surface area is 209 Å². The molecule has 1 N–H and O–H groups in total. The summed E-state index contributed by atoms with van der Waals surface area (Å²) in [6.07, 6.45) is 6.85. The molecule has 35 heavy (non-hydrogen) atoms. The number of carboxylic acid groups (broad SMARTS) is 1. The van der Waals surface area contributed by atoms with Gasteiger partial charge in [-0.3, -0.25) is 23.4 Å².